The molecule has 0 saturated carbocycles. The highest BCUT2D eigenvalue weighted by Crippen LogP contribution is 2.28. The monoisotopic (exact) mass is 341 g/mol. The van der Waals surface area contributed by atoms with Crippen LogP contribution in [0, 0.1) is 0 Å². The molecule has 0 atom stereocenters. The molecule has 0 saturated heterocycles. The van der Waals surface area contributed by atoms with Gasteiger partial charge in [-0.1, -0.05) is 18.2 Å². The summed E-state index contributed by atoms with van der Waals surface area (Å²) in [5.74, 6) is 1.28. The Bertz CT molecular complexity index is 755. The maximum absolute atomic E-state index is 12.1. The minimum absolute atomic E-state index is 0.0236. The average molecular weight is 341 g/mol. The molecule has 25 heavy (non-hydrogen) atoms. The van der Waals surface area contributed by atoms with Crippen LogP contribution in [0.1, 0.15) is 35.7 Å². The average Bonchev–Trinajstić information content (AvgIpc) is 2.61. The second kappa shape index (κ2) is 8.87. The van der Waals surface area contributed by atoms with Gasteiger partial charge in [0.2, 0.25) is 5.91 Å². The van der Waals surface area contributed by atoms with Crippen molar-refractivity contribution in [2.24, 2.45) is 0 Å². The summed E-state index contributed by atoms with van der Waals surface area (Å²) in [4.78, 5) is 23.4. The molecule has 0 fully saturated rings. The van der Waals surface area contributed by atoms with E-state index in [2.05, 4.69) is 5.32 Å². The molecule has 2 aromatic rings. The first-order valence-electron chi connectivity index (χ1n) is 8.15. The van der Waals surface area contributed by atoms with Crippen LogP contribution in [0.3, 0.4) is 0 Å². The van der Waals surface area contributed by atoms with E-state index in [0.717, 1.165) is 12.0 Å². The standard InChI is InChI=1S/C20H23NO4/c1-14(22)16-7-5-8-17(13-16)21-20(23)9-4-6-15-10-11-18(24-2)19(12-15)25-3/h5,7-8,10-13H,4,6,9H2,1-3H3,(H,21,23). The lowest BCUT2D eigenvalue weighted by Gasteiger charge is -2.10. The summed E-state index contributed by atoms with van der Waals surface area (Å²) in [6, 6.07) is 12.7. The number of rotatable bonds is 8. The van der Waals surface area contributed by atoms with Crippen molar-refractivity contribution in [1.29, 1.82) is 0 Å². The molecule has 5 nitrogen and oxygen atoms in total. The summed E-state index contributed by atoms with van der Waals surface area (Å²) in [6.45, 7) is 1.50. The maximum atomic E-state index is 12.1. The summed E-state index contributed by atoms with van der Waals surface area (Å²) >= 11 is 0. The van der Waals surface area contributed by atoms with Gasteiger partial charge in [0.25, 0.3) is 0 Å². The molecule has 0 spiro atoms. The van der Waals surface area contributed by atoms with E-state index in [1.165, 1.54) is 6.92 Å². The highest BCUT2D eigenvalue weighted by molar-refractivity contribution is 5.97. The Hall–Kier alpha value is -2.82. The van der Waals surface area contributed by atoms with Crippen molar-refractivity contribution in [3.8, 4) is 11.5 Å². The quantitative estimate of drug-likeness (QED) is 0.740. The number of aryl methyl sites for hydroxylation is 1. The van der Waals surface area contributed by atoms with Crippen LogP contribution in [0.15, 0.2) is 42.5 Å². The molecule has 0 unspecified atom stereocenters. The number of hydrogen-bond acceptors (Lipinski definition) is 4. The van der Waals surface area contributed by atoms with E-state index in [0.29, 0.717) is 35.6 Å². The number of amides is 1. The summed E-state index contributed by atoms with van der Waals surface area (Å²) in [5, 5.41) is 2.83. The summed E-state index contributed by atoms with van der Waals surface area (Å²) in [5.41, 5.74) is 2.32. The summed E-state index contributed by atoms with van der Waals surface area (Å²) in [6.07, 6.45) is 1.88. The molecular weight excluding hydrogens is 318 g/mol. The first kappa shape index (κ1) is 18.5. The van der Waals surface area contributed by atoms with Crippen molar-refractivity contribution in [2.45, 2.75) is 26.2 Å². The first-order valence-corrected chi connectivity index (χ1v) is 8.15. The van der Waals surface area contributed by atoms with Crippen LogP contribution in [0.4, 0.5) is 5.69 Å². The Labute approximate surface area is 148 Å². The third kappa shape index (κ3) is 5.35. The Morgan fingerprint density at radius 1 is 1.00 bits per heavy atom. The van der Waals surface area contributed by atoms with E-state index in [1.807, 2.05) is 18.2 Å². The molecule has 5 heteroatoms. The second-order valence-corrected chi connectivity index (χ2v) is 5.73. The lowest BCUT2D eigenvalue weighted by molar-refractivity contribution is -0.116. The van der Waals surface area contributed by atoms with Crippen molar-refractivity contribution < 1.29 is 19.1 Å². The highest BCUT2D eigenvalue weighted by atomic mass is 16.5. The van der Waals surface area contributed by atoms with Gasteiger partial charge in [0.1, 0.15) is 0 Å². The molecule has 1 amide bonds. The SMILES string of the molecule is COc1ccc(CCCC(=O)Nc2cccc(C(C)=O)c2)cc1OC. The third-order valence-electron chi connectivity index (χ3n) is 3.87. The highest BCUT2D eigenvalue weighted by Gasteiger charge is 2.07. The molecule has 0 aromatic heterocycles. The van der Waals surface area contributed by atoms with Gasteiger partial charge >= 0.3 is 0 Å². The molecular formula is C20H23NO4. The number of ketones is 1. The Balaban J connectivity index is 1.86. The van der Waals surface area contributed by atoms with E-state index in [-0.39, 0.29) is 11.7 Å². The fraction of sp³-hybridized carbons (Fsp3) is 0.300. The molecule has 0 aliphatic carbocycles. The number of carbonyl (C=O) groups excluding carboxylic acids is 2. The van der Waals surface area contributed by atoms with Crippen molar-refractivity contribution in [3.63, 3.8) is 0 Å². The minimum Gasteiger partial charge on any atom is -0.493 e. The summed E-state index contributed by atoms with van der Waals surface area (Å²) in [7, 11) is 3.20. The number of methoxy groups -OCH3 is 2. The zero-order valence-electron chi connectivity index (χ0n) is 14.8. The molecule has 2 aromatic carbocycles. The number of benzene rings is 2. The number of Topliss-reactive ketones (excluding diaryl/α,β-unsaturated/α-hetero) is 1. The van der Waals surface area contributed by atoms with Gasteiger partial charge in [0.05, 0.1) is 14.2 Å². The first-order chi connectivity index (χ1) is 12.0. The lowest BCUT2D eigenvalue weighted by atomic mass is 10.1. The van der Waals surface area contributed by atoms with Crippen molar-refractivity contribution in [1.82, 2.24) is 0 Å². The van der Waals surface area contributed by atoms with Gasteiger partial charge in [0, 0.05) is 17.7 Å². The van der Waals surface area contributed by atoms with Crippen LogP contribution in [0.2, 0.25) is 0 Å². The molecule has 0 bridgehead atoms. The molecule has 0 radical (unpaired) electrons. The van der Waals surface area contributed by atoms with Crippen LogP contribution in [-0.2, 0) is 11.2 Å². The van der Waals surface area contributed by atoms with Gasteiger partial charge in [-0.2, -0.15) is 0 Å². The Morgan fingerprint density at radius 2 is 1.76 bits per heavy atom. The van der Waals surface area contributed by atoms with Gasteiger partial charge in [-0.15, -0.1) is 0 Å². The van der Waals surface area contributed by atoms with E-state index >= 15 is 0 Å². The Morgan fingerprint density at radius 3 is 2.44 bits per heavy atom. The van der Waals surface area contributed by atoms with Gasteiger partial charge in [-0.05, 0) is 49.6 Å². The minimum atomic E-state index is -0.0684. The molecule has 0 aliphatic rings. The zero-order chi connectivity index (χ0) is 18.2. The smallest absolute Gasteiger partial charge is 0.224 e. The van der Waals surface area contributed by atoms with Crippen LogP contribution < -0.4 is 14.8 Å². The Kier molecular flexibility index (Phi) is 6.57. The number of anilines is 1. The van der Waals surface area contributed by atoms with E-state index < -0.39 is 0 Å². The molecule has 0 aliphatic heterocycles. The van der Waals surface area contributed by atoms with Crippen molar-refractivity contribution in [3.05, 3.63) is 53.6 Å². The van der Waals surface area contributed by atoms with E-state index in [4.69, 9.17) is 9.47 Å². The van der Waals surface area contributed by atoms with Crippen LogP contribution in [-0.4, -0.2) is 25.9 Å². The fourth-order valence-corrected chi connectivity index (χ4v) is 2.53. The topological polar surface area (TPSA) is 64.6 Å². The van der Waals surface area contributed by atoms with Crippen molar-refractivity contribution >= 4 is 17.4 Å². The maximum Gasteiger partial charge on any atom is 0.224 e. The van der Waals surface area contributed by atoms with Gasteiger partial charge in [0.15, 0.2) is 17.3 Å². The predicted molar refractivity (Wildman–Crippen MR) is 97.6 cm³/mol. The van der Waals surface area contributed by atoms with Crippen LogP contribution >= 0.6 is 0 Å². The lowest BCUT2D eigenvalue weighted by Crippen LogP contribution is -2.12. The van der Waals surface area contributed by atoms with Gasteiger partial charge in [-0.3, -0.25) is 9.59 Å². The number of nitrogens with one attached hydrogen (secondary N) is 1. The number of carbonyl (C=O) groups is 2. The third-order valence-corrected chi connectivity index (χ3v) is 3.87. The van der Waals surface area contributed by atoms with Gasteiger partial charge < -0.3 is 14.8 Å². The van der Waals surface area contributed by atoms with Gasteiger partial charge in [-0.25, -0.2) is 0 Å². The second-order valence-electron chi connectivity index (χ2n) is 5.73. The largest absolute Gasteiger partial charge is 0.493 e. The fourth-order valence-electron chi connectivity index (χ4n) is 2.53. The van der Waals surface area contributed by atoms with Crippen LogP contribution in [0.25, 0.3) is 0 Å². The molecule has 2 rings (SSSR count). The van der Waals surface area contributed by atoms with E-state index in [1.54, 1.807) is 38.5 Å². The number of hydrogen-bond donors (Lipinski definition) is 1. The van der Waals surface area contributed by atoms with Crippen molar-refractivity contribution in [2.75, 3.05) is 19.5 Å². The molecule has 132 valence electrons. The van der Waals surface area contributed by atoms with E-state index in [9.17, 15) is 9.59 Å². The summed E-state index contributed by atoms with van der Waals surface area (Å²) < 4.78 is 10.5. The van der Waals surface area contributed by atoms with Crippen LogP contribution in [0.5, 0.6) is 11.5 Å². The molecule has 1 N–H and O–H groups in total. The normalized spacial score (nSPS) is 10.2. The predicted octanol–water partition coefficient (Wildman–Crippen LogP) is 3.87. The molecule has 0 heterocycles. The number of ether oxygens (including phenoxy) is 2. The zero-order valence-corrected chi connectivity index (χ0v) is 14.8.